The number of nitrogens with one attached hydrogen (secondary N) is 1. The van der Waals surface area contributed by atoms with Crippen molar-refractivity contribution >= 4 is 46.1 Å². The molecule has 0 spiro atoms. The van der Waals surface area contributed by atoms with Gasteiger partial charge < -0.3 is 5.32 Å². The molecule has 0 atom stereocenters. The van der Waals surface area contributed by atoms with Gasteiger partial charge in [0, 0.05) is 9.92 Å². The molecule has 3 rings (SSSR count). The van der Waals surface area contributed by atoms with Crippen LogP contribution in [0.1, 0.15) is 0 Å². The summed E-state index contributed by atoms with van der Waals surface area (Å²) in [4.78, 5) is 1.24. The van der Waals surface area contributed by atoms with Crippen LogP contribution in [0.5, 0.6) is 0 Å². The molecule has 2 heterocycles. The van der Waals surface area contributed by atoms with Gasteiger partial charge in [-0.15, -0.1) is 11.3 Å². The third kappa shape index (κ3) is 1.32. The number of benzene rings is 1. The smallest absolute Gasteiger partial charge is 0.0882 e. The Bertz CT molecular complexity index is 493. The van der Waals surface area contributed by atoms with Gasteiger partial charge in [-0.05, 0) is 29.6 Å². The van der Waals surface area contributed by atoms with Crippen LogP contribution in [0.15, 0.2) is 38.8 Å². The highest BCUT2D eigenvalue weighted by Crippen LogP contribution is 2.47. The number of rotatable bonds is 0. The Hall–Kier alpha value is -0.640. The van der Waals surface area contributed by atoms with E-state index in [9.17, 15) is 0 Å². The summed E-state index contributed by atoms with van der Waals surface area (Å²) in [6.07, 6.45) is 0. The fourth-order valence-electron chi connectivity index (χ4n) is 1.40. The van der Waals surface area contributed by atoms with Crippen LogP contribution in [0.3, 0.4) is 0 Å². The van der Waals surface area contributed by atoms with Crippen molar-refractivity contribution in [3.05, 3.63) is 34.7 Å². The van der Waals surface area contributed by atoms with Crippen molar-refractivity contribution in [1.82, 2.24) is 0 Å². The molecule has 1 aromatic heterocycles. The molecule has 0 fully saturated rings. The number of hydrogen-bond donors (Lipinski definition) is 1. The largest absolute Gasteiger partial charge is 0.353 e. The first-order valence-corrected chi connectivity index (χ1v) is 6.22. The van der Waals surface area contributed by atoms with Crippen LogP contribution >= 0.6 is 34.7 Å². The van der Waals surface area contributed by atoms with Gasteiger partial charge in [-0.1, -0.05) is 23.4 Å². The highest BCUT2D eigenvalue weighted by molar-refractivity contribution is 8.01. The Morgan fingerprint density at radius 3 is 3.00 bits per heavy atom. The van der Waals surface area contributed by atoms with Gasteiger partial charge in [-0.25, -0.2) is 0 Å². The minimum absolute atomic E-state index is 0.774. The monoisotopic (exact) mass is 239 g/mol. The van der Waals surface area contributed by atoms with Crippen molar-refractivity contribution in [2.45, 2.75) is 9.10 Å². The van der Waals surface area contributed by atoms with E-state index in [1.807, 2.05) is 12.1 Å². The van der Waals surface area contributed by atoms with E-state index in [1.54, 1.807) is 23.1 Å². The minimum Gasteiger partial charge on any atom is -0.353 e. The predicted octanol–water partition coefficient (Wildman–Crippen LogP) is 4.61. The lowest BCUT2D eigenvalue weighted by Gasteiger charge is -2.17. The highest BCUT2D eigenvalue weighted by Gasteiger charge is 2.16. The molecular weight excluding hydrogens is 234 g/mol. The normalized spacial score (nSPS) is 12.9. The van der Waals surface area contributed by atoms with Crippen molar-refractivity contribution in [3.63, 3.8) is 0 Å². The maximum atomic E-state index is 5.93. The molecule has 0 aliphatic carbocycles. The second kappa shape index (κ2) is 3.19. The van der Waals surface area contributed by atoms with Gasteiger partial charge in [-0.2, -0.15) is 0 Å². The van der Waals surface area contributed by atoms with Gasteiger partial charge in [0.15, 0.2) is 0 Å². The second-order valence-corrected chi connectivity index (χ2v) is 5.65. The molecule has 2 aromatic rings. The summed E-state index contributed by atoms with van der Waals surface area (Å²) >= 11 is 9.49. The third-order valence-electron chi connectivity index (χ3n) is 2.04. The lowest BCUT2D eigenvalue weighted by Crippen LogP contribution is -1.96. The van der Waals surface area contributed by atoms with Crippen LogP contribution in [-0.2, 0) is 0 Å². The van der Waals surface area contributed by atoms with Gasteiger partial charge in [-0.3, -0.25) is 0 Å². The Labute approximate surface area is 95.1 Å². The van der Waals surface area contributed by atoms with E-state index < -0.39 is 0 Å². The topological polar surface area (TPSA) is 12.0 Å². The third-order valence-corrected chi connectivity index (χ3v) is 4.50. The highest BCUT2D eigenvalue weighted by atomic mass is 35.5. The van der Waals surface area contributed by atoms with Crippen LogP contribution < -0.4 is 5.32 Å². The van der Waals surface area contributed by atoms with Crippen molar-refractivity contribution in [1.29, 1.82) is 0 Å². The second-order valence-electron chi connectivity index (χ2n) is 2.99. The van der Waals surface area contributed by atoms with Crippen LogP contribution in [0.4, 0.5) is 11.4 Å². The van der Waals surface area contributed by atoms with Gasteiger partial charge in [0.25, 0.3) is 0 Å². The lowest BCUT2D eigenvalue weighted by atomic mass is 10.3. The molecule has 0 bridgehead atoms. The van der Waals surface area contributed by atoms with E-state index in [0.717, 1.165) is 10.7 Å². The van der Waals surface area contributed by atoms with Crippen LogP contribution in [0.25, 0.3) is 0 Å². The Balaban J connectivity index is 2.12. The van der Waals surface area contributed by atoms with Crippen LogP contribution in [-0.4, -0.2) is 0 Å². The molecular formula is C10H6ClNS2. The zero-order valence-corrected chi connectivity index (χ0v) is 9.47. The summed E-state index contributed by atoms with van der Waals surface area (Å²) in [5.74, 6) is 0. The minimum atomic E-state index is 0.774. The molecule has 1 nitrogen and oxygen atoms in total. The molecule has 1 aliphatic heterocycles. The van der Waals surface area contributed by atoms with E-state index in [-0.39, 0.29) is 0 Å². The van der Waals surface area contributed by atoms with Crippen molar-refractivity contribution < 1.29 is 0 Å². The SMILES string of the molecule is Clc1ccc2c(c1)Nc1ccsc1S2. The standard InChI is InChI=1S/C10H6ClNS2/c11-6-1-2-9-8(5-6)12-7-3-4-13-10(7)14-9/h1-5,12H. The summed E-state index contributed by atoms with van der Waals surface area (Å²) in [6, 6.07) is 8.03. The van der Waals surface area contributed by atoms with Crippen LogP contribution in [0, 0.1) is 0 Å². The summed E-state index contributed by atoms with van der Waals surface area (Å²) in [6.45, 7) is 0. The zero-order chi connectivity index (χ0) is 9.54. The summed E-state index contributed by atoms with van der Waals surface area (Å²) < 4.78 is 1.32. The fraction of sp³-hybridized carbons (Fsp3) is 0. The van der Waals surface area contributed by atoms with Crippen molar-refractivity contribution in [2.75, 3.05) is 5.32 Å². The molecule has 1 aliphatic rings. The van der Waals surface area contributed by atoms with Crippen molar-refractivity contribution in [3.8, 4) is 0 Å². The van der Waals surface area contributed by atoms with Crippen LogP contribution in [0.2, 0.25) is 5.02 Å². The lowest BCUT2D eigenvalue weighted by molar-refractivity contribution is 1.37. The summed E-state index contributed by atoms with van der Waals surface area (Å²) in [5.41, 5.74) is 2.29. The number of halogens is 1. The molecule has 0 saturated heterocycles. The maximum Gasteiger partial charge on any atom is 0.0882 e. The number of anilines is 2. The number of thiophene rings is 1. The molecule has 1 N–H and O–H groups in total. The van der Waals surface area contributed by atoms with Gasteiger partial charge in [0.2, 0.25) is 0 Å². The Kier molecular flexibility index (Phi) is 1.97. The molecule has 4 heteroatoms. The van der Waals surface area contributed by atoms with E-state index in [4.69, 9.17) is 11.6 Å². The Morgan fingerprint density at radius 1 is 1.14 bits per heavy atom. The molecule has 0 radical (unpaired) electrons. The summed E-state index contributed by atoms with van der Waals surface area (Å²) in [7, 11) is 0. The van der Waals surface area contributed by atoms with Crippen molar-refractivity contribution in [2.24, 2.45) is 0 Å². The van der Waals surface area contributed by atoms with E-state index >= 15 is 0 Å². The van der Waals surface area contributed by atoms with E-state index in [0.29, 0.717) is 0 Å². The quantitative estimate of drug-likeness (QED) is 0.615. The molecule has 1 aromatic carbocycles. The summed E-state index contributed by atoms with van der Waals surface area (Å²) in [5, 5.41) is 6.24. The molecule has 14 heavy (non-hydrogen) atoms. The average molecular weight is 240 g/mol. The fourth-order valence-corrected chi connectivity index (χ4v) is 3.56. The predicted molar refractivity (Wildman–Crippen MR) is 63.2 cm³/mol. The number of hydrogen-bond acceptors (Lipinski definition) is 3. The first-order valence-electron chi connectivity index (χ1n) is 4.15. The molecule has 70 valence electrons. The van der Waals surface area contributed by atoms with Gasteiger partial charge in [0.1, 0.15) is 0 Å². The molecule has 0 unspecified atom stereocenters. The van der Waals surface area contributed by atoms with Gasteiger partial charge >= 0.3 is 0 Å². The van der Waals surface area contributed by atoms with E-state index in [1.165, 1.54) is 14.8 Å². The molecule has 0 saturated carbocycles. The zero-order valence-electron chi connectivity index (χ0n) is 7.08. The first-order chi connectivity index (χ1) is 6.83. The van der Waals surface area contributed by atoms with E-state index in [2.05, 4.69) is 22.8 Å². The average Bonchev–Trinajstić information content (AvgIpc) is 2.61. The van der Waals surface area contributed by atoms with Gasteiger partial charge in [0.05, 0.1) is 15.6 Å². The maximum absolute atomic E-state index is 5.93. The number of fused-ring (bicyclic) bond motifs is 2. The Morgan fingerprint density at radius 2 is 2.07 bits per heavy atom. The first kappa shape index (κ1) is 8.65. The molecule has 0 amide bonds.